The van der Waals surface area contributed by atoms with Crippen molar-refractivity contribution in [1.82, 2.24) is 29.1 Å². The van der Waals surface area contributed by atoms with E-state index < -0.39 is 17.4 Å². The van der Waals surface area contributed by atoms with Gasteiger partial charge in [0.25, 0.3) is 0 Å². The Morgan fingerprint density at radius 3 is 2.86 bits per heavy atom. The maximum Gasteiger partial charge on any atom is 0.167 e. The van der Waals surface area contributed by atoms with Gasteiger partial charge in [0.05, 0.1) is 25.4 Å². The standard InChI is InChI=1S/C18H25N7O3/c1-17(9-26)13(27)8-18(2,28-17)25-12-23-14-15(21-10-22-16(14)25)20-4-3-6-24-7-5-19-11-24/h5,7,10-13,26-27H,3-4,6,8-9H2,1-2H3,(H,20,21,22). The molecule has 10 heteroatoms. The molecule has 0 bridgehead atoms. The van der Waals surface area contributed by atoms with E-state index in [0.717, 1.165) is 19.5 Å². The van der Waals surface area contributed by atoms with Gasteiger partial charge < -0.3 is 24.8 Å². The molecular weight excluding hydrogens is 362 g/mol. The van der Waals surface area contributed by atoms with Crippen LogP contribution >= 0.6 is 0 Å². The Labute approximate surface area is 162 Å². The molecule has 4 heterocycles. The molecule has 150 valence electrons. The van der Waals surface area contributed by atoms with Gasteiger partial charge in [-0.1, -0.05) is 0 Å². The largest absolute Gasteiger partial charge is 0.393 e. The quantitative estimate of drug-likeness (QED) is 0.507. The first-order chi connectivity index (χ1) is 13.5. The zero-order valence-corrected chi connectivity index (χ0v) is 16.0. The molecule has 0 amide bonds. The molecule has 0 saturated carbocycles. The Hall–Kier alpha value is -2.56. The summed E-state index contributed by atoms with van der Waals surface area (Å²) < 4.78 is 9.88. The van der Waals surface area contributed by atoms with Gasteiger partial charge in [-0.05, 0) is 20.3 Å². The number of fused-ring (bicyclic) bond motifs is 1. The van der Waals surface area contributed by atoms with Crippen molar-refractivity contribution < 1.29 is 14.9 Å². The van der Waals surface area contributed by atoms with Crippen LogP contribution in [0.15, 0.2) is 31.4 Å². The number of aliphatic hydroxyl groups is 2. The summed E-state index contributed by atoms with van der Waals surface area (Å²) in [5.41, 5.74) is -0.628. The van der Waals surface area contributed by atoms with Gasteiger partial charge in [-0.2, -0.15) is 0 Å². The number of hydrogen-bond acceptors (Lipinski definition) is 8. The molecule has 3 unspecified atom stereocenters. The Morgan fingerprint density at radius 1 is 1.29 bits per heavy atom. The van der Waals surface area contributed by atoms with Crippen LogP contribution in [-0.2, 0) is 17.0 Å². The minimum atomic E-state index is -1.02. The fraction of sp³-hybridized carbons (Fsp3) is 0.556. The van der Waals surface area contributed by atoms with Crippen molar-refractivity contribution in [2.45, 2.75) is 50.7 Å². The molecule has 0 aromatic carbocycles. The number of hydrogen-bond donors (Lipinski definition) is 3. The average Bonchev–Trinajstić information content (AvgIpc) is 3.39. The molecule has 0 spiro atoms. The summed E-state index contributed by atoms with van der Waals surface area (Å²) >= 11 is 0. The fourth-order valence-electron chi connectivity index (χ4n) is 3.67. The van der Waals surface area contributed by atoms with E-state index in [9.17, 15) is 10.2 Å². The number of nitrogens with zero attached hydrogens (tertiary/aromatic N) is 6. The summed E-state index contributed by atoms with van der Waals surface area (Å²) in [4.78, 5) is 17.2. The molecule has 3 atom stereocenters. The van der Waals surface area contributed by atoms with E-state index in [4.69, 9.17) is 4.74 Å². The first-order valence-electron chi connectivity index (χ1n) is 9.32. The van der Waals surface area contributed by atoms with E-state index >= 15 is 0 Å². The minimum absolute atomic E-state index is 0.269. The lowest BCUT2D eigenvalue weighted by Gasteiger charge is -2.30. The van der Waals surface area contributed by atoms with Crippen LogP contribution in [0.3, 0.4) is 0 Å². The number of rotatable bonds is 7. The number of aliphatic hydroxyl groups excluding tert-OH is 2. The van der Waals surface area contributed by atoms with Crippen LogP contribution in [0.2, 0.25) is 0 Å². The second-order valence-corrected chi connectivity index (χ2v) is 7.56. The molecule has 1 aliphatic heterocycles. The molecule has 1 fully saturated rings. The highest BCUT2D eigenvalue weighted by atomic mass is 16.6. The topological polar surface area (TPSA) is 123 Å². The molecule has 1 saturated heterocycles. The van der Waals surface area contributed by atoms with Crippen LogP contribution < -0.4 is 5.32 Å². The predicted molar refractivity (Wildman–Crippen MR) is 102 cm³/mol. The van der Waals surface area contributed by atoms with Gasteiger partial charge in [-0.25, -0.2) is 19.9 Å². The maximum atomic E-state index is 10.4. The summed E-state index contributed by atoms with van der Waals surface area (Å²) in [6, 6.07) is 0. The van der Waals surface area contributed by atoms with E-state index in [1.54, 1.807) is 30.3 Å². The minimum Gasteiger partial charge on any atom is -0.393 e. The summed E-state index contributed by atoms with van der Waals surface area (Å²) in [6.07, 6.45) is 9.06. The van der Waals surface area contributed by atoms with E-state index in [-0.39, 0.29) is 6.61 Å². The van der Waals surface area contributed by atoms with Gasteiger partial charge in [-0.15, -0.1) is 0 Å². The first-order valence-corrected chi connectivity index (χ1v) is 9.32. The average molecular weight is 387 g/mol. The van der Waals surface area contributed by atoms with Crippen molar-refractivity contribution in [3.8, 4) is 0 Å². The lowest BCUT2D eigenvalue weighted by atomic mass is 9.99. The van der Waals surface area contributed by atoms with Crippen molar-refractivity contribution in [3.05, 3.63) is 31.4 Å². The van der Waals surface area contributed by atoms with E-state index in [1.165, 1.54) is 6.33 Å². The summed E-state index contributed by atoms with van der Waals surface area (Å²) in [6.45, 7) is 4.88. The second kappa shape index (κ2) is 7.12. The number of ether oxygens (including phenoxy) is 1. The second-order valence-electron chi connectivity index (χ2n) is 7.56. The van der Waals surface area contributed by atoms with Gasteiger partial charge in [0.15, 0.2) is 17.0 Å². The van der Waals surface area contributed by atoms with Crippen LogP contribution in [0.1, 0.15) is 26.7 Å². The number of imidazole rings is 2. The lowest BCUT2D eigenvalue weighted by Crippen LogP contribution is -2.41. The third kappa shape index (κ3) is 3.23. The van der Waals surface area contributed by atoms with E-state index in [2.05, 4.69) is 25.3 Å². The molecule has 4 rings (SSSR count). The fourth-order valence-corrected chi connectivity index (χ4v) is 3.67. The Balaban J connectivity index is 1.52. The van der Waals surface area contributed by atoms with E-state index in [0.29, 0.717) is 23.4 Å². The van der Waals surface area contributed by atoms with Gasteiger partial charge >= 0.3 is 0 Å². The van der Waals surface area contributed by atoms with E-state index in [1.807, 2.05) is 17.7 Å². The molecule has 3 aromatic heterocycles. The molecule has 28 heavy (non-hydrogen) atoms. The number of aromatic nitrogens is 6. The highest BCUT2D eigenvalue weighted by molar-refractivity contribution is 5.82. The predicted octanol–water partition coefficient (Wildman–Crippen LogP) is 0.730. The smallest absolute Gasteiger partial charge is 0.167 e. The van der Waals surface area contributed by atoms with Gasteiger partial charge in [0, 0.05) is 31.9 Å². The van der Waals surface area contributed by atoms with Crippen LogP contribution in [0.5, 0.6) is 0 Å². The van der Waals surface area contributed by atoms with Crippen LogP contribution in [0.4, 0.5) is 5.82 Å². The molecule has 3 aromatic rings. The zero-order chi connectivity index (χ0) is 19.8. The number of aryl methyl sites for hydroxylation is 1. The highest BCUT2D eigenvalue weighted by Crippen LogP contribution is 2.42. The third-order valence-electron chi connectivity index (χ3n) is 5.33. The van der Waals surface area contributed by atoms with Gasteiger partial charge in [0.1, 0.15) is 17.7 Å². The highest BCUT2D eigenvalue weighted by Gasteiger charge is 2.52. The molecule has 3 N–H and O–H groups in total. The summed E-state index contributed by atoms with van der Waals surface area (Å²) in [5, 5.41) is 23.3. The summed E-state index contributed by atoms with van der Waals surface area (Å²) in [7, 11) is 0. The van der Waals surface area contributed by atoms with Crippen molar-refractivity contribution >= 4 is 17.0 Å². The molecule has 0 aliphatic carbocycles. The normalized spacial score (nSPS) is 27.5. The Morgan fingerprint density at radius 2 is 2.14 bits per heavy atom. The number of nitrogens with one attached hydrogen (secondary N) is 1. The van der Waals surface area contributed by atoms with Crippen LogP contribution in [-0.4, -0.2) is 64.1 Å². The Kier molecular flexibility index (Phi) is 4.77. The first kappa shape index (κ1) is 18.8. The molecule has 10 nitrogen and oxygen atoms in total. The van der Waals surface area contributed by atoms with Gasteiger partial charge in [-0.3, -0.25) is 4.57 Å². The maximum absolute atomic E-state index is 10.4. The molecular formula is C18H25N7O3. The molecule has 0 radical (unpaired) electrons. The monoisotopic (exact) mass is 387 g/mol. The SMILES string of the molecule is CC1(CO)OC(C)(n2cnc3c(NCCCn4ccnc4)ncnc32)CC1O. The molecule has 1 aliphatic rings. The number of anilines is 1. The Bertz CT molecular complexity index is 944. The van der Waals surface area contributed by atoms with Gasteiger partial charge in [0.2, 0.25) is 0 Å². The van der Waals surface area contributed by atoms with Crippen molar-refractivity contribution in [2.75, 3.05) is 18.5 Å². The van der Waals surface area contributed by atoms with Crippen molar-refractivity contribution in [3.63, 3.8) is 0 Å². The lowest BCUT2D eigenvalue weighted by molar-refractivity contribution is -0.159. The van der Waals surface area contributed by atoms with Crippen molar-refractivity contribution in [1.29, 1.82) is 0 Å². The zero-order valence-electron chi connectivity index (χ0n) is 16.0. The third-order valence-corrected chi connectivity index (χ3v) is 5.33. The van der Waals surface area contributed by atoms with Crippen molar-refractivity contribution in [2.24, 2.45) is 0 Å². The van der Waals surface area contributed by atoms with Crippen LogP contribution in [0.25, 0.3) is 11.2 Å². The summed E-state index contributed by atoms with van der Waals surface area (Å²) in [5.74, 6) is 0.654. The van der Waals surface area contributed by atoms with Crippen LogP contribution in [0, 0.1) is 0 Å².